The van der Waals surface area contributed by atoms with Crippen LogP contribution < -0.4 is 10.6 Å². The summed E-state index contributed by atoms with van der Waals surface area (Å²) in [5.41, 5.74) is 0.0744. The normalized spacial score (nSPS) is 25.8. The fourth-order valence-electron chi connectivity index (χ4n) is 2.48. The van der Waals surface area contributed by atoms with E-state index >= 15 is 0 Å². The highest BCUT2D eigenvalue weighted by atomic mass is 16.2. The van der Waals surface area contributed by atoms with E-state index < -0.39 is 0 Å². The van der Waals surface area contributed by atoms with Gasteiger partial charge >= 0.3 is 0 Å². The van der Waals surface area contributed by atoms with Gasteiger partial charge in [0.1, 0.15) is 6.04 Å². The molecule has 1 amide bonds. The van der Waals surface area contributed by atoms with E-state index in [0.29, 0.717) is 12.5 Å². The lowest BCUT2D eigenvalue weighted by molar-refractivity contribution is -0.127. The number of hydrogen-bond acceptors (Lipinski definition) is 3. The molecule has 1 aliphatic heterocycles. The van der Waals surface area contributed by atoms with Crippen molar-refractivity contribution in [2.45, 2.75) is 45.7 Å². The second kappa shape index (κ2) is 5.83. The molecule has 0 aromatic carbocycles. The van der Waals surface area contributed by atoms with Crippen molar-refractivity contribution >= 4 is 5.91 Å². The van der Waals surface area contributed by atoms with Crippen molar-refractivity contribution in [2.75, 3.05) is 26.7 Å². The third kappa shape index (κ3) is 3.68. The molecule has 0 aliphatic carbocycles. The largest absolute Gasteiger partial charge is 0.355 e. The lowest BCUT2D eigenvalue weighted by Crippen LogP contribution is -2.56. The van der Waals surface area contributed by atoms with Crippen molar-refractivity contribution in [1.82, 2.24) is 15.5 Å². The molecule has 1 unspecified atom stereocenters. The average molecular weight is 241 g/mol. The van der Waals surface area contributed by atoms with Crippen LogP contribution in [0.3, 0.4) is 0 Å². The molecule has 1 atom stereocenters. The van der Waals surface area contributed by atoms with E-state index in [9.17, 15) is 4.79 Å². The first-order valence-corrected chi connectivity index (χ1v) is 6.57. The summed E-state index contributed by atoms with van der Waals surface area (Å²) in [5.74, 6) is 0.727. The van der Waals surface area contributed by atoms with Crippen LogP contribution in [0.1, 0.15) is 34.1 Å². The Labute approximate surface area is 105 Å². The minimum Gasteiger partial charge on any atom is -0.355 e. The van der Waals surface area contributed by atoms with E-state index in [1.807, 2.05) is 7.05 Å². The monoisotopic (exact) mass is 241 g/mol. The lowest BCUT2D eigenvalue weighted by Gasteiger charge is -2.42. The standard InChI is InChI=1S/C13H27N3O/c1-10(2)9-16-11(8-14-5)12(17)15-7-6-13(16,3)4/h10-11,14H,6-9H2,1-5H3,(H,15,17). The fraction of sp³-hybridized carbons (Fsp3) is 0.923. The Balaban J connectivity index is 2.93. The maximum absolute atomic E-state index is 12.1. The first kappa shape index (κ1) is 14.5. The van der Waals surface area contributed by atoms with Crippen molar-refractivity contribution < 1.29 is 4.79 Å². The number of likely N-dealkylation sites (N-methyl/N-ethyl adjacent to an activating group) is 1. The molecule has 4 heteroatoms. The number of carbonyl (C=O) groups excluding carboxylic acids is 1. The van der Waals surface area contributed by atoms with Gasteiger partial charge < -0.3 is 10.6 Å². The zero-order chi connectivity index (χ0) is 13.1. The summed E-state index contributed by atoms with van der Waals surface area (Å²) in [5, 5.41) is 6.15. The second-order valence-corrected chi connectivity index (χ2v) is 5.97. The maximum Gasteiger partial charge on any atom is 0.238 e. The molecule has 1 saturated heterocycles. The topological polar surface area (TPSA) is 44.4 Å². The van der Waals surface area contributed by atoms with Gasteiger partial charge in [-0.25, -0.2) is 0 Å². The van der Waals surface area contributed by atoms with Crippen molar-refractivity contribution in [3.8, 4) is 0 Å². The number of rotatable bonds is 4. The van der Waals surface area contributed by atoms with Gasteiger partial charge in [-0.15, -0.1) is 0 Å². The third-order valence-corrected chi connectivity index (χ3v) is 3.45. The molecule has 1 fully saturated rings. The minimum absolute atomic E-state index is 0.0556. The molecule has 1 aliphatic rings. The molecule has 4 nitrogen and oxygen atoms in total. The summed E-state index contributed by atoms with van der Waals surface area (Å²) < 4.78 is 0. The molecule has 0 radical (unpaired) electrons. The number of hydrogen-bond donors (Lipinski definition) is 2. The van der Waals surface area contributed by atoms with Gasteiger partial charge in [0.2, 0.25) is 5.91 Å². The van der Waals surface area contributed by atoms with Crippen molar-refractivity contribution in [2.24, 2.45) is 5.92 Å². The van der Waals surface area contributed by atoms with Crippen LogP contribution in [0.4, 0.5) is 0 Å². The SMILES string of the molecule is CNCC1C(=O)NCCC(C)(C)N1CC(C)C. The average Bonchev–Trinajstić information content (AvgIpc) is 2.30. The Kier molecular flexibility index (Phi) is 4.95. The number of nitrogens with one attached hydrogen (secondary N) is 2. The zero-order valence-corrected chi connectivity index (χ0v) is 11.8. The Hall–Kier alpha value is -0.610. The predicted octanol–water partition coefficient (Wildman–Crippen LogP) is 0.831. The van der Waals surface area contributed by atoms with Gasteiger partial charge in [0.15, 0.2) is 0 Å². The highest BCUT2D eigenvalue weighted by Gasteiger charge is 2.38. The summed E-state index contributed by atoms with van der Waals surface area (Å²) in [6, 6.07) is -0.0556. The van der Waals surface area contributed by atoms with Crippen molar-refractivity contribution in [3.63, 3.8) is 0 Å². The van der Waals surface area contributed by atoms with Gasteiger partial charge in [-0.2, -0.15) is 0 Å². The summed E-state index contributed by atoms with van der Waals surface area (Å²) >= 11 is 0. The van der Waals surface area contributed by atoms with Crippen LogP contribution in [0.25, 0.3) is 0 Å². The van der Waals surface area contributed by atoms with Crippen molar-refractivity contribution in [1.29, 1.82) is 0 Å². The van der Waals surface area contributed by atoms with Crippen LogP contribution in [0, 0.1) is 5.92 Å². The molecule has 0 saturated carbocycles. The molecule has 17 heavy (non-hydrogen) atoms. The molecular formula is C13H27N3O. The highest BCUT2D eigenvalue weighted by molar-refractivity contribution is 5.82. The summed E-state index contributed by atoms with van der Waals surface area (Å²) in [6.45, 7) is 11.3. The van der Waals surface area contributed by atoms with Crippen LogP contribution in [-0.4, -0.2) is 49.1 Å². The number of nitrogens with zero attached hydrogens (tertiary/aromatic N) is 1. The summed E-state index contributed by atoms with van der Waals surface area (Å²) in [6.07, 6.45) is 1.01. The Morgan fingerprint density at radius 3 is 2.71 bits per heavy atom. The first-order chi connectivity index (χ1) is 7.88. The van der Waals surface area contributed by atoms with Gasteiger partial charge in [-0.1, -0.05) is 13.8 Å². The van der Waals surface area contributed by atoms with Crippen LogP contribution >= 0.6 is 0 Å². The zero-order valence-electron chi connectivity index (χ0n) is 11.8. The molecule has 1 rings (SSSR count). The lowest BCUT2D eigenvalue weighted by atomic mass is 9.95. The van der Waals surface area contributed by atoms with E-state index in [1.54, 1.807) is 0 Å². The van der Waals surface area contributed by atoms with Gasteiger partial charge in [0, 0.05) is 25.2 Å². The third-order valence-electron chi connectivity index (χ3n) is 3.45. The first-order valence-electron chi connectivity index (χ1n) is 6.57. The van der Waals surface area contributed by atoms with Gasteiger partial charge in [0.05, 0.1) is 0 Å². The molecule has 0 spiro atoms. The molecule has 2 N–H and O–H groups in total. The maximum atomic E-state index is 12.1. The molecule has 0 aromatic heterocycles. The number of amides is 1. The smallest absolute Gasteiger partial charge is 0.238 e. The number of carbonyl (C=O) groups is 1. The minimum atomic E-state index is -0.0556. The van der Waals surface area contributed by atoms with Gasteiger partial charge in [-0.05, 0) is 33.2 Å². The van der Waals surface area contributed by atoms with E-state index in [-0.39, 0.29) is 17.5 Å². The fourth-order valence-corrected chi connectivity index (χ4v) is 2.48. The highest BCUT2D eigenvalue weighted by Crippen LogP contribution is 2.25. The Bertz CT molecular complexity index is 263. The molecule has 0 aromatic rings. The molecule has 1 heterocycles. The van der Waals surface area contributed by atoms with E-state index in [0.717, 1.165) is 19.5 Å². The summed E-state index contributed by atoms with van der Waals surface area (Å²) in [4.78, 5) is 14.4. The summed E-state index contributed by atoms with van der Waals surface area (Å²) in [7, 11) is 1.90. The Morgan fingerprint density at radius 1 is 1.53 bits per heavy atom. The van der Waals surface area contributed by atoms with Gasteiger partial charge in [0.25, 0.3) is 0 Å². The van der Waals surface area contributed by atoms with E-state index in [2.05, 4.69) is 43.2 Å². The van der Waals surface area contributed by atoms with Crippen LogP contribution in [0.5, 0.6) is 0 Å². The van der Waals surface area contributed by atoms with E-state index in [1.165, 1.54) is 0 Å². The van der Waals surface area contributed by atoms with Gasteiger partial charge in [-0.3, -0.25) is 9.69 Å². The second-order valence-electron chi connectivity index (χ2n) is 5.97. The molecule has 0 bridgehead atoms. The predicted molar refractivity (Wildman–Crippen MR) is 71.0 cm³/mol. The Morgan fingerprint density at radius 2 is 2.18 bits per heavy atom. The van der Waals surface area contributed by atoms with E-state index in [4.69, 9.17) is 0 Å². The van der Waals surface area contributed by atoms with Crippen LogP contribution in [0.2, 0.25) is 0 Å². The molecular weight excluding hydrogens is 214 g/mol. The van der Waals surface area contributed by atoms with Crippen LogP contribution in [-0.2, 0) is 4.79 Å². The van der Waals surface area contributed by atoms with Crippen molar-refractivity contribution in [3.05, 3.63) is 0 Å². The van der Waals surface area contributed by atoms with Crippen LogP contribution in [0.15, 0.2) is 0 Å². The quantitative estimate of drug-likeness (QED) is 0.766. The molecule has 100 valence electrons.